The Hall–Kier alpha value is -3.40. The molecule has 4 rings (SSSR count). The summed E-state index contributed by atoms with van der Waals surface area (Å²) in [6.45, 7) is 2.28. The molecule has 0 N–H and O–H groups in total. The number of hydrogen-bond donors (Lipinski definition) is 0. The molecule has 4 heteroatoms. The monoisotopic (exact) mass is 484 g/mol. The molecule has 0 aliphatic heterocycles. The fourth-order valence-corrected chi connectivity index (χ4v) is 5.16. The van der Waals surface area contributed by atoms with Crippen LogP contribution in [0.2, 0.25) is 0 Å². The van der Waals surface area contributed by atoms with Crippen LogP contribution in [0.3, 0.4) is 0 Å². The van der Waals surface area contributed by atoms with Crippen molar-refractivity contribution in [2.45, 2.75) is 64.2 Å². The van der Waals surface area contributed by atoms with Crippen molar-refractivity contribution in [3.05, 3.63) is 89.5 Å². The highest BCUT2D eigenvalue weighted by atomic mass is 16.5. The number of unbranched alkanes of at least 4 members (excludes halogenated alkanes) is 2. The Kier molecular flexibility index (Phi) is 8.94. The second-order valence-corrected chi connectivity index (χ2v) is 9.82. The zero-order valence-electron chi connectivity index (χ0n) is 21.4. The van der Waals surface area contributed by atoms with E-state index in [0.717, 1.165) is 17.0 Å². The van der Waals surface area contributed by atoms with Crippen molar-refractivity contribution in [1.82, 2.24) is 0 Å². The Morgan fingerprint density at radius 2 is 1.28 bits per heavy atom. The summed E-state index contributed by atoms with van der Waals surface area (Å²) < 4.78 is 10.1. The van der Waals surface area contributed by atoms with Crippen LogP contribution in [0.5, 0.6) is 5.75 Å². The van der Waals surface area contributed by atoms with Gasteiger partial charge in [-0.2, -0.15) is 0 Å². The van der Waals surface area contributed by atoms with Gasteiger partial charge in [-0.1, -0.05) is 69.0 Å². The Morgan fingerprint density at radius 3 is 1.86 bits per heavy atom. The average molecular weight is 485 g/mol. The minimum absolute atomic E-state index is 0.377. The van der Waals surface area contributed by atoms with E-state index in [-0.39, 0.29) is 0 Å². The van der Waals surface area contributed by atoms with Gasteiger partial charge in [0, 0.05) is 0 Å². The second-order valence-electron chi connectivity index (χ2n) is 9.82. The maximum atomic E-state index is 12.5. The number of carbonyl (C=O) groups excluding carboxylic acids is 2. The molecule has 1 fully saturated rings. The molecular formula is C32H36O4. The molecule has 0 amide bonds. The summed E-state index contributed by atoms with van der Waals surface area (Å²) in [4.78, 5) is 24.1. The summed E-state index contributed by atoms with van der Waals surface area (Å²) in [6, 6.07) is 22.7. The fraction of sp³-hybridized carbons (Fsp3) is 0.375. The van der Waals surface area contributed by atoms with Crippen molar-refractivity contribution < 1.29 is 19.1 Å². The van der Waals surface area contributed by atoms with Crippen LogP contribution >= 0.6 is 0 Å². The first-order valence-corrected chi connectivity index (χ1v) is 13.2. The van der Waals surface area contributed by atoms with Crippen LogP contribution in [0.1, 0.15) is 90.5 Å². The average Bonchev–Trinajstić information content (AvgIpc) is 2.94. The van der Waals surface area contributed by atoms with Gasteiger partial charge >= 0.3 is 11.9 Å². The molecule has 3 aromatic carbocycles. The molecule has 0 atom stereocenters. The Morgan fingerprint density at radius 1 is 0.722 bits per heavy atom. The smallest absolute Gasteiger partial charge is 0.343 e. The third kappa shape index (κ3) is 6.63. The normalized spacial score (nSPS) is 17.4. The van der Waals surface area contributed by atoms with Gasteiger partial charge in [-0.15, -0.1) is 0 Å². The lowest BCUT2D eigenvalue weighted by molar-refractivity contribution is 0.0600. The molecule has 1 aliphatic carbocycles. The molecule has 1 saturated carbocycles. The second kappa shape index (κ2) is 12.5. The van der Waals surface area contributed by atoms with Gasteiger partial charge in [-0.05, 0) is 90.6 Å². The van der Waals surface area contributed by atoms with E-state index in [1.54, 1.807) is 36.4 Å². The van der Waals surface area contributed by atoms with Gasteiger partial charge in [0.25, 0.3) is 0 Å². The highest BCUT2D eigenvalue weighted by molar-refractivity contribution is 5.92. The highest BCUT2D eigenvalue weighted by Gasteiger charge is 2.22. The van der Waals surface area contributed by atoms with Crippen LogP contribution in [-0.4, -0.2) is 19.0 Å². The van der Waals surface area contributed by atoms with Crippen LogP contribution in [-0.2, 0) is 4.74 Å². The lowest BCUT2D eigenvalue weighted by Gasteiger charge is -2.29. The molecule has 0 unspecified atom stereocenters. The van der Waals surface area contributed by atoms with E-state index in [1.165, 1.54) is 64.0 Å². The SMILES string of the molecule is CCCCCC1CCC(c2ccc(-c3ccc(C(=O)Oc4ccc(C(=O)OC)cc4)cc3)cc2)CC1. The van der Waals surface area contributed by atoms with E-state index in [9.17, 15) is 9.59 Å². The quantitative estimate of drug-likeness (QED) is 0.174. The number of ether oxygens (including phenoxy) is 2. The van der Waals surface area contributed by atoms with Gasteiger partial charge in [0.1, 0.15) is 5.75 Å². The van der Waals surface area contributed by atoms with Gasteiger partial charge in [0.2, 0.25) is 0 Å². The molecule has 3 aromatic rings. The molecule has 0 aromatic heterocycles. The summed E-state index contributed by atoms with van der Waals surface area (Å²) >= 11 is 0. The molecule has 0 heterocycles. The van der Waals surface area contributed by atoms with Crippen molar-refractivity contribution in [3.8, 4) is 16.9 Å². The van der Waals surface area contributed by atoms with Crippen molar-refractivity contribution in [2.75, 3.05) is 7.11 Å². The summed E-state index contributed by atoms with van der Waals surface area (Å²) in [6.07, 6.45) is 10.8. The number of rotatable bonds is 9. The zero-order chi connectivity index (χ0) is 25.3. The van der Waals surface area contributed by atoms with Crippen LogP contribution in [0.4, 0.5) is 0 Å². The van der Waals surface area contributed by atoms with Crippen LogP contribution in [0.15, 0.2) is 72.8 Å². The lowest BCUT2D eigenvalue weighted by Crippen LogP contribution is -2.13. The Labute approximate surface area is 214 Å². The van der Waals surface area contributed by atoms with Crippen molar-refractivity contribution in [3.63, 3.8) is 0 Å². The largest absolute Gasteiger partial charge is 0.465 e. The summed E-state index contributed by atoms with van der Waals surface area (Å²) in [7, 11) is 1.33. The molecule has 1 aliphatic rings. The third-order valence-corrected chi connectivity index (χ3v) is 7.38. The molecule has 4 nitrogen and oxygen atoms in total. The Bertz CT molecular complexity index is 1120. The van der Waals surface area contributed by atoms with E-state index in [4.69, 9.17) is 4.74 Å². The van der Waals surface area contributed by atoms with Gasteiger partial charge in [-0.25, -0.2) is 9.59 Å². The highest BCUT2D eigenvalue weighted by Crippen LogP contribution is 2.38. The third-order valence-electron chi connectivity index (χ3n) is 7.38. The first kappa shape index (κ1) is 25.7. The van der Waals surface area contributed by atoms with Crippen molar-refractivity contribution >= 4 is 11.9 Å². The van der Waals surface area contributed by atoms with E-state index in [0.29, 0.717) is 22.8 Å². The number of esters is 2. The molecule has 0 radical (unpaired) electrons. The predicted molar refractivity (Wildman–Crippen MR) is 143 cm³/mol. The van der Waals surface area contributed by atoms with Gasteiger partial charge in [-0.3, -0.25) is 0 Å². The minimum atomic E-state index is -0.437. The fourth-order valence-electron chi connectivity index (χ4n) is 5.16. The molecular weight excluding hydrogens is 448 g/mol. The van der Waals surface area contributed by atoms with Crippen molar-refractivity contribution in [1.29, 1.82) is 0 Å². The number of hydrogen-bond acceptors (Lipinski definition) is 4. The first-order chi connectivity index (χ1) is 17.6. The Balaban J connectivity index is 1.31. The minimum Gasteiger partial charge on any atom is -0.465 e. The van der Waals surface area contributed by atoms with E-state index < -0.39 is 11.9 Å². The van der Waals surface area contributed by atoms with Crippen molar-refractivity contribution in [2.24, 2.45) is 5.92 Å². The van der Waals surface area contributed by atoms with Gasteiger partial charge < -0.3 is 9.47 Å². The number of methoxy groups -OCH3 is 1. The van der Waals surface area contributed by atoms with E-state index in [1.807, 2.05) is 12.1 Å². The van der Waals surface area contributed by atoms with Crippen LogP contribution < -0.4 is 4.74 Å². The lowest BCUT2D eigenvalue weighted by atomic mass is 9.77. The molecule has 0 bridgehead atoms. The summed E-state index contributed by atoms with van der Waals surface area (Å²) in [5.41, 5.74) is 4.54. The van der Waals surface area contributed by atoms with E-state index in [2.05, 4.69) is 35.9 Å². The summed E-state index contributed by atoms with van der Waals surface area (Å²) in [5.74, 6) is 1.12. The molecule has 0 spiro atoms. The molecule has 188 valence electrons. The van der Waals surface area contributed by atoms with E-state index >= 15 is 0 Å². The van der Waals surface area contributed by atoms with Crippen LogP contribution in [0, 0.1) is 5.92 Å². The topological polar surface area (TPSA) is 52.6 Å². The zero-order valence-corrected chi connectivity index (χ0v) is 21.4. The molecule has 0 saturated heterocycles. The molecule has 36 heavy (non-hydrogen) atoms. The summed E-state index contributed by atoms with van der Waals surface area (Å²) in [5, 5.41) is 0. The predicted octanol–water partition coefficient (Wildman–Crippen LogP) is 8.21. The maximum absolute atomic E-state index is 12.5. The first-order valence-electron chi connectivity index (χ1n) is 13.2. The number of carbonyl (C=O) groups is 2. The maximum Gasteiger partial charge on any atom is 0.343 e. The van der Waals surface area contributed by atoms with Gasteiger partial charge in [0.05, 0.1) is 18.2 Å². The van der Waals surface area contributed by atoms with Crippen LogP contribution in [0.25, 0.3) is 11.1 Å². The van der Waals surface area contributed by atoms with Gasteiger partial charge in [0.15, 0.2) is 0 Å². The standard InChI is InChI=1S/C32H36O4/c1-3-4-5-6-23-7-9-24(10-8-23)25-11-13-26(14-12-25)27-15-17-29(18-16-27)32(34)36-30-21-19-28(20-22-30)31(33)35-2/h11-24H,3-10H2,1-2H3. The number of benzene rings is 3.